The van der Waals surface area contributed by atoms with Gasteiger partial charge in [0, 0.05) is 17.6 Å². The zero-order valence-corrected chi connectivity index (χ0v) is 23.5. The second-order valence-electron chi connectivity index (χ2n) is 10.8. The number of anilines is 1. The number of carbonyl (C=O) groups excluding carboxylic acids is 3. The normalized spacial score (nSPS) is 19.7. The third-order valence-electron chi connectivity index (χ3n) is 6.86. The van der Waals surface area contributed by atoms with Crippen LogP contribution in [0.4, 0.5) is 10.5 Å². The summed E-state index contributed by atoms with van der Waals surface area (Å²) < 4.78 is 0. The lowest BCUT2D eigenvalue weighted by Gasteiger charge is -2.47. The molecule has 3 aromatic rings. The lowest BCUT2D eigenvalue weighted by Crippen LogP contribution is -2.61. The van der Waals surface area contributed by atoms with Crippen molar-refractivity contribution in [3.8, 4) is 0 Å². The van der Waals surface area contributed by atoms with E-state index in [2.05, 4.69) is 10.6 Å². The van der Waals surface area contributed by atoms with Gasteiger partial charge >= 0.3 is 6.03 Å². The predicted molar refractivity (Wildman–Crippen MR) is 154 cm³/mol. The van der Waals surface area contributed by atoms with Crippen molar-refractivity contribution in [2.45, 2.75) is 64.1 Å². The Morgan fingerprint density at radius 1 is 0.872 bits per heavy atom. The first kappa shape index (κ1) is 28.2. The van der Waals surface area contributed by atoms with E-state index >= 15 is 0 Å². The van der Waals surface area contributed by atoms with Gasteiger partial charge in [-0.05, 0) is 74.9 Å². The third-order valence-corrected chi connectivity index (χ3v) is 7.11. The van der Waals surface area contributed by atoms with Crippen LogP contribution in [0, 0.1) is 0 Å². The molecule has 3 aromatic carbocycles. The van der Waals surface area contributed by atoms with Gasteiger partial charge in [0.1, 0.15) is 6.04 Å². The molecule has 0 saturated carbocycles. The van der Waals surface area contributed by atoms with Crippen LogP contribution in [0.15, 0.2) is 84.9 Å². The molecule has 3 unspecified atom stereocenters. The van der Waals surface area contributed by atoms with E-state index in [1.807, 2.05) is 81.4 Å². The van der Waals surface area contributed by atoms with Gasteiger partial charge in [0.05, 0.1) is 11.6 Å². The maximum absolute atomic E-state index is 14.4. The van der Waals surface area contributed by atoms with Crippen molar-refractivity contribution in [1.29, 1.82) is 0 Å². The van der Waals surface area contributed by atoms with Gasteiger partial charge in [-0.25, -0.2) is 14.8 Å². The van der Waals surface area contributed by atoms with E-state index in [0.29, 0.717) is 23.6 Å². The fourth-order valence-corrected chi connectivity index (χ4v) is 5.40. The van der Waals surface area contributed by atoms with Gasteiger partial charge in [0.15, 0.2) is 0 Å². The van der Waals surface area contributed by atoms with E-state index in [1.165, 1.54) is 11.9 Å². The number of amides is 4. The fraction of sp³-hybridized carbons (Fsp3) is 0.323. The monoisotopic (exact) mass is 546 g/mol. The molecule has 204 valence electrons. The van der Waals surface area contributed by atoms with Crippen molar-refractivity contribution in [3.05, 3.63) is 101 Å². The summed E-state index contributed by atoms with van der Waals surface area (Å²) in [5, 5.41) is 9.36. The molecule has 0 bridgehead atoms. The van der Waals surface area contributed by atoms with Gasteiger partial charge in [0.2, 0.25) is 5.91 Å². The van der Waals surface area contributed by atoms with E-state index < -0.39 is 23.7 Å². The quantitative estimate of drug-likeness (QED) is 0.381. The summed E-state index contributed by atoms with van der Waals surface area (Å²) in [6.45, 7) is 7.17. The van der Waals surface area contributed by atoms with Crippen molar-refractivity contribution in [3.63, 3.8) is 0 Å². The van der Waals surface area contributed by atoms with E-state index in [4.69, 9.17) is 11.6 Å². The van der Waals surface area contributed by atoms with Gasteiger partial charge in [-0.15, -0.1) is 0 Å². The second kappa shape index (κ2) is 11.9. The van der Waals surface area contributed by atoms with Gasteiger partial charge < -0.3 is 10.6 Å². The van der Waals surface area contributed by atoms with Gasteiger partial charge in [0.25, 0.3) is 5.91 Å². The molecule has 4 rings (SSSR count). The number of halogens is 1. The number of hydrogen-bond donors (Lipinski definition) is 2. The summed E-state index contributed by atoms with van der Waals surface area (Å²) in [5.41, 5.74) is 1.87. The number of carbonyl (C=O) groups is 3. The van der Waals surface area contributed by atoms with Crippen molar-refractivity contribution >= 4 is 35.1 Å². The van der Waals surface area contributed by atoms with Crippen LogP contribution in [0.3, 0.4) is 0 Å². The Balaban J connectivity index is 1.77. The first-order valence-electron chi connectivity index (χ1n) is 13.1. The Hall–Kier alpha value is -3.84. The highest BCUT2D eigenvalue weighted by atomic mass is 35.5. The Labute approximate surface area is 235 Å². The largest absolute Gasteiger partial charge is 0.326 e. The number of nitrogens with one attached hydrogen (secondary N) is 2. The summed E-state index contributed by atoms with van der Waals surface area (Å²) in [4.78, 5) is 40.6. The summed E-state index contributed by atoms with van der Waals surface area (Å²) >= 11 is 5.98. The highest BCUT2D eigenvalue weighted by Crippen LogP contribution is 2.41. The number of urea groups is 1. The molecule has 2 N–H and O–H groups in total. The molecule has 4 amide bonds. The molecule has 1 aliphatic rings. The molecular weight excluding hydrogens is 512 g/mol. The van der Waals surface area contributed by atoms with Crippen molar-refractivity contribution in [2.24, 2.45) is 0 Å². The van der Waals surface area contributed by atoms with E-state index in [0.717, 1.165) is 11.1 Å². The van der Waals surface area contributed by atoms with Gasteiger partial charge in [-0.2, -0.15) is 0 Å². The zero-order chi connectivity index (χ0) is 28.2. The van der Waals surface area contributed by atoms with Crippen LogP contribution in [0.2, 0.25) is 5.02 Å². The molecule has 0 radical (unpaired) electrons. The van der Waals surface area contributed by atoms with Crippen LogP contribution in [0.1, 0.15) is 63.6 Å². The predicted octanol–water partition coefficient (Wildman–Crippen LogP) is 6.54. The Kier molecular flexibility index (Phi) is 8.60. The average molecular weight is 547 g/mol. The Morgan fingerprint density at radius 3 is 1.97 bits per heavy atom. The average Bonchev–Trinajstić information content (AvgIpc) is 3.03. The zero-order valence-electron chi connectivity index (χ0n) is 22.7. The first-order valence-corrected chi connectivity index (χ1v) is 13.5. The molecule has 1 fully saturated rings. The minimum absolute atomic E-state index is 0.0556. The first-order chi connectivity index (χ1) is 18.5. The van der Waals surface area contributed by atoms with Crippen LogP contribution in [-0.2, 0) is 9.59 Å². The van der Waals surface area contributed by atoms with Crippen LogP contribution < -0.4 is 10.6 Å². The highest BCUT2D eigenvalue weighted by molar-refractivity contribution is 6.30. The lowest BCUT2D eigenvalue weighted by atomic mass is 9.86. The minimum Gasteiger partial charge on any atom is -0.326 e. The smallest absolute Gasteiger partial charge is 0.319 e. The summed E-state index contributed by atoms with van der Waals surface area (Å²) in [5.74, 6) is -0.641. The molecule has 0 spiro atoms. The van der Waals surface area contributed by atoms with Crippen molar-refractivity contribution < 1.29 is 14.4 Å². The van der Waals surface area contributed by atoms with Crippen LogP contribution >= 0.6 is 11.6 Å². The SMILES string of the molecule is CC(=O)N(N1C(=O)C(NC(=O)Nc2ccc(Cl)cc2)CC(c2ccccc2)CC1c1ccccc1)C(C)(C)C. The number of rotatable bonds is 5. The minimum atomic E-state index is -0.875. The van der Waals surface area contributed by atoms with Crippen molar-refractivity contribution in [2.75, 3.05) is 5.32 Å². The Morgan fingerprint density at radius 2 is 1.44 bits per heavy atom. The summed E-state index contributed by atoms with van der Waals surface area (Å²) in [6.07, 6.45) is 0.962. The molecule has 1 heterocycles. The molecule has 8 heteroatoms. The summed E-state index contributed by atoms with van der Waals surface area (Å²) in [6, 6.07) is 24.7. The number of hydrazine groups is 1. The molecule has 1 saturated heterocycles. The fourth-order valence-electron chi connectivity index (χ4n) is 5.28. The van der Waals surface area contributed by atoms with E-state index in [1.54, 1.807) is 29.3 Å². The number of benzene rings is 3. The lowest BCUT2D eigenvalue weighted by molar-refractivity contribution is -0.181. The van der Waals surface area contributed by atoms with Crippen LogP contribution in [-0.4, -0.2) is 39.4 Å². The molecule has 0 aromatic heterocycles. The molecule has 1 aliphatic heterocycles. The second-order valence-corrected chi connectivity index (χ2v) is 11.3. The third kappa shape index (κ3) is 6.79. The van der Waals surface area contributed by atoms with Crippen LogP contribution in [0.25, 0.3) is 0 Å². The van der Waals surface area contributed by atoms with Gasteiger partial charge in [-0.3, -0.25) is 9.59 Å². The Bertz CT molecular complexity index is 1290. The number of nitrogens with zero attached hydrogens (tertiary/aromatic N) is 2. The molecule has 39 heavy (non-hydrogen) atoms. The summed E-state index contributed by atoms with van der Waals surface area (Å²) in [7, 11) is 0. The van der Waals surface area contributed by atoms with E-state index in [9.17, 15) is 14.4 Å². The number of hydrogen-bond acceptors (Lipinski definition) is 3. The molecule has 7 nitrogen and oxygen atoms in total. The maximum Gasteiger partial charge on any atom is 0.319 e. The van der Waals surface area contributed by atoms with Gasteiger partial charge in [-0.1, -0.05) is 72.3 Å². The molecule has 3 atom stereocenters. The highest BCUT2D eigenvalue weighted by Gasteiger charge is 2.45. The standard InChI is InChI=1S/C31H35ClN4O3/c1-21(37)36(31(2,3)4)35-28(23-13-9-6-10-14-23)20-24(22-11-7-5-8-12-22)19-27(29(35)38)34-30(39)33-26-17-15-25(32)16-18-26/h5-18,24,27-28H,19-20H2,1-4H3,(H2,33,34,39). The van der Waals surface area contributed by atoms with Crippen molar-refractivity contribution in [1.82, 2.24) is 15.3 Å². The van der Waals surface area contributed by atoms with E-state index in [-0.39, 0.29) is 17.7 Å². The topological polar surface area (TPSA) is 81.8 Å². The maximum atomic E-state index is 14.4. The van der Waals surface area contributed by atoms with Crippen LogP contribution in [0.5, 0.6) is 0 Å². The molecule has 0 aliphatic carbocycles. The molecular formula is C31H35ClN4O3.